The van der Waals surface area contributed by atoms with E-state index in [0.29, 0.717) is 37.6 Å². The van der Waals surface area contributed by atoms with Gasteiger partial charge >= 0.3 is 0 Å². The fourth-order valence-electron chi connectivity index (χ4n) is 3.61. The molecule has 0 spiro atoms. The molecule has 1 amide bonds. The second-order valence-corrected chi connectivity index (χ2v) is 9.81. The quantitative estimate of drug-likeness (QED) is 0.454. The van der Waals surface area contributed by atoms with Gasteiger partial charge in [-0.05, 0) is 56.2 Å². The van der Waals surface area contributed by atoms with Crippen LogP contribution in [0.2, 0.25) is 0 Å². The number of hydrogen-bond donors (Lipinski definition) is 3. The molecule has 2 aliphatic rings. The minimum absolute atomic E-state index is 0.0611. The molecule has 0 bridgehead atoms. The Hall–Kier alpha value is -2.89. The van der Waals surface area contributed by atoms with Crippen LogP contribution in [0.15, 0.2) is 47.4 Å². The van der Waals surface area contributed by atoms with E-state index >= 15 is 0 Å². The van der Waals surface area contributed by atoms with Crippen LogP contribution in [0, 0.1) is 6.92 Å². The Labute approximate surface area is 192 Å². The Balaban J connectivity index is 1.40. The van der Waals surface area contributed by atoms with Crippen molar-refractivity contribution in [3.05, 3.63) is 48.0 Å². The molecule has 1 saturated heterocycles. The SMILES string of the molecule is Cc1ccc(NC(=S)NNC(=O)C2CCCN2S(=O)(=O)c2ccc3c(c2)OCCO3)cc1. The van der Waals surface area contributed by atoms with E-state index in [0.717, 1.165) is 11.3 Å². The number of nitrogens with zero attached hydrogens (tertiary/aromatic N) is 1. The molecule has 170 valence electrons. The van der Waals surface area contributed by atoms with Crippen molar-refractivity contribution in [2.24, 2.45) is 0 Å². The summed E-state index contributed by atoms with van der Waals surface area (Å²) in [6.07, 6.45) is 0.989. The second-order valence-electron chi connectivity index (χ2n) is 7.51. The Bertz CT molecular complexity index is 1120. The highest BCUT2D eigenvalue weighted by Crippen LogP contribution is 2.34. The van der Waals surface area contributed by atoms with Crippen molar-refractivity contribution in [3.8, 4) is 11.5 Å². The van der Waals surface area contributed by atoms with Gasteiger partial charge in [0, 0.05) is 18.3 Å². The molecule has 3 N–H and O–H groups in total. The van der Waals surface area contributed by atoms with Gasteiger partial charge in [0.25, 0.3) is 5.91 Å². The van der Waals surface area contributed by atoms with E-state index in [-0.39, 0.29) is 16.6 Å². The number of nitrogens with one attached hydrogen (secondary N) is 3. The molecule has 4 rings (SSSR count). The number of rotatable bonds is 4. The summed E-state index contributed by atoms with van der Waals surface area (Å²) in [5.41, 5.74) is 7.04. The van der Waals surface area contributed by atoms with E-state index in [1.807, 2.05) is 31.2 Å². The molecule has 1 unspecified atom stereocenters. The number of anilines is 1. The number of aryl methyl sites for hydroxylation is 1. The summed E-state index contributed by atoms with van der Waals surface area (Å²) in [7, 11) is -3.90. The van der Waals surface area contributed by atoms with Crippen LogP contribution in [0.5, 0.6) is 11.5 Å². The summed E-state index contributed by atoms with van der Waals surface area (Å²) in [5.74, 6) is 0.410. The fraction of sp³-hybridized carbons (Fsp3) is 0.333. The number of ether oxygens (including phenoxy) is 2. The average molecular weight is 477 g/mol. The summed E-state index contributed by atoms with van der Waals surface area (Å²) >= 11 is 5.20. The summed E-state index contributed by atoms with van der Waals surface area (Å²) in [6.45, 7) is 3.00. The lowest BCUT2D eigenvalue weighted by molar-refractivity contribution is -0.124. The number of fused-ring (bicyclic) bond motifs is 1. The Morgan fingerprint density at radius 1 is 1.06 bits per heavy atom. The minimum atomic E-state index is -3.90. The molecular formula is C21H24N4O5S2. The van der Waals surface area contributed by atoms with Gasteiger partial charge in [0.05, 0.1) is 4.90 Å². The summed E-state index contributed by atoms with van der Waals surface area (Å²) < 4.78 is 38.6. The molecule has 0 saturated carbocycles. The highest BCUT2D eigenvalue weighted by Gasteiger charge is 2.40. The van der Waals surface area contributed by atoms with Gasteiger partial charge in [-0.15, -0.1) is 0 Å². The van der Waals surface area contributed by atoms with Crippen LogP contribution >= 0.6 is 12.2 Å². The minimum Gasteiger partial charge on any atom is -0.486 e. The van der Waals surface area contributed by atoms with Crippen LogP contribution in [-0.2, 0) is 14.8 Å². The van der Waals surface area contributed by atoms with Crippen molar-refractivity contribution in [2.75, 3.05) is 25.1 Å². The average Bonchev–Trinajstić information content (AvgIpc) is 3.30. The lowest BCUT2D eigenvalue weighted by atomic mass is 10.2. The molecule has 0 aliphatic carbocycles. The molecule has 1 atom stereocenters. The molecule has 0 aromatic heterocycles. The van der Waals surface area contributed by atoms with Gasteiger partial charge in [0.2, 0.25) is 10.0 Å². The van der Waals surface area contributed by atoms with E-state index in [1.54, 1.807) is 6.07 Å². The van der Waals surface area contributed by atoms with E-state index in [1.165, 1.54) is 16.4 Å². The molecule has 2 aromatic rings. The number of carbonyl (C=O) groups is 1. The number of benzene rings is 2. The Kier molecular flexibility index (Phi) is 6.49. The van der Waals surface area contributed by atoms with E-state index < -0.39 is 22.0 Å². The van der Waals surface area contributed by atoms with Crippen LogP contribution in [0.4, 0.5) is 5.69 Å². The summed E-state index contributed by atoms with van der Waals surface area (Å²) in [6, 6.07) is 11.2. The maximum absolute atomic E-state index is 13.2. The highest BCUT2D eigenvalue weighted by molar-refractivity contribution is 7.89. The summed E-state index contributed by atoms with van der Waals surface area (Å²) in [4.78, 5) is 12.8. The fourth-order valence-corrected chi connectivity index (χ4v) is 5.45. The first kappa shape index (κ1) is 22.3. The zero-order chi connectivity index (χ0) is 22.7. The summed E-state index contributed by atoms with van der Waals surface area (Å²) in [5, 5.41) is 3.16. The van der Waals surface area contributed by atoms with Crippen LogP contribution < -0.4 is 25.6 Å². The van der Waals surface area contributed by atoms with Gasteiger partial charge in [-0.1, -0.05) is 17.7 Å². The predicted octanol–water partition coefficient (Wildman–Crippen LogP) is 1.94. The molecule has 1 fully saturated rings. The van der Waals surface area contributed by atoms with Crippen molar-refractivity contribution in [1.29, 1.82) is 0 Å². The number of hydrogen-bond acceptors (Lipinski definition) is 6. The first-order valence-corrected chi connectivity index (χ1v) is 12.0. The third kappa shape index (κ3) is 4.79. The molecule has 2 aliphatic heterocycles. The van der Waals surface area contributed by atoms with Gasteiger partial charge in [-0.2, -0.15) is 4.31 Å². The van der Waals surface area contributed by atoms with Crippen molar-refractivity contribution in [2.45, 2.75) is 30.7 Å². The molecule has 2 aromatic carbocycles. The Morgan fingerprint density at radius 2 is 1.78 bits per heavy atom. The third-order valence-corrected chi connectivity index (χ3v) is 7.34. The first-order valence-electron chi connectivity index (χ1n) is 10.2. The van der Waals surface area contributed by atoms with Crippen LogP contribution in [-0.4, -0.2) is 49.5 Å². The van der Waals surface area contributed by atoms with Crippen molar-refractivity contribution in [1.82, 2.24) is 15.2 Å². The molecule has 0 radical (unpaired) electrons. The lowest BCUT2D eigenvalue weighted by Gasteiger charge is -2.25. The van der Waals surface area contributed by atoms with Gasteiger partial charge in [0.15, 0.2) is 16.6 Å². The molecule has 9 nitrogen and oxygen atoms in total. The third-order valence-electron chi connectivity index (χ3n) is 5.24. The van der Waals surface area contributed by atoms with E-state index in [9.17, 15) is 13.2 Å². The largest absolute Gasteiger partial charge is 0.486 e. The highest BCUT2D eigenvalue weighted by atomic mass is 32.2. The topological polar surface area (TPSA) is 109 Å². The number of hydrazine groups is 1. The number of carbonyl (C=O) groups excluding carboxylic acids is 1. The van der Waals surface area contributed by atoms with Gasteiger partial charge in [-0.25, -0.2) is 8.42 Å². The van der Waals surface area contributed by atoms with Crippen molar-refractivity contribution in [3.63, 3.8) is 0 Å². The van der Waals surface area contributed by atoms with Crippen molar-refractivity contribution < 1.29 is 22.7 Å². The van der Waals surface area contributed by atoms with Crippen molar-refractivity contribution >= 4 is 38.9 Å². The molecule has 32 heavy (non-hydrogen) atoms. The number of sulfonamides is 1. The Morgan fingerprint density at radius 3 is 2.53 bits per heavy atom. The van der Waals surface area contributed by atoms with E-state index in [2.05, 4.69) is 16.2 Å². The lowest BCUT2D eigenvalue weighted by Crippen LogP contribution is -2.52. The maximum atomic E-state index is 13.2. The maximum Gasteiger partial charge on any atom is 0.256 e. The first-order chi connectivity index (χ1) is 15.3. The number of thiocarbonyl (C=S) groups is 1. The zero-order valence-corrected chi connectivity index (χ0v) is 19.1. The van der Waals surface area contributed by atoms with Crippen LogP contribution in [0.25, 0.3) is 0 Å². The predicted molar refractivity (Wildman–Crippen MR) is 123 cm³/mol. The normalized spacial score (nSPS) is 18.1. The van der Waals surface area contributed by atoms with E-state index in [4.69, 9.17) is 21.7 Å². The molecule has 11 heteroatoms. The van der Waals surface area contributed by atoms with Crippen LogP contribution in [0.1, 0.15) is 18.4 Å². The van der Waals surface area contributed by atoms with Gasteiger partial charge in [-0.3, -0.25) is 15.6 Å². The molecule has 2 heterocycles. The zero-order valence-electron chi connectivity index (χ0n) is 17.5. The van der Waals surface area contributed by atoms with Gasteiger partial charge in [0.1, 0.15) is 19.3 Å². The standard InChI is InChI=1S/C21H24N4O5S2/c1-14-4-6-15(7-5-14)22-21(31)24-23-20(26)17-3-2-10-25(17)32(27,28)16-8-9-18-19(13-16)30-12-11-29-18/h4-9,13,17H,2-3,10-12H2,1H3,(H,23,26)(H2,22,24,31). The number of amides is 1. The molecular weight excluding hydrogens is 452 g/mol. The monoisotopic (exact) mass is 476 g/mol. The van der Waals surface area contributed by atoms with Crippen LogP contribution in [0.3, 0.4) is 0 Å². The van der Waals surface area contributed by atoms with Gasteiger partial charge < -0.3 is 14.8 Å². The smallest absolute Gasteiger partial charge is 0.256 e. The second kappa shape index (κ2) is 9.31.